The van der Waals surface area contributed by atoms with Crippen LogP contribution in [0.15, 0.2) is 127 Å². The standard InChI is InChI=1S/C42H33NS/c1-41(2)33-18-9-6-15-31(33)39-34(41)19-12-20-36(39)43(37-21-11-16-30-29-14-7-10-22-38(29)44-40(30)37)26-23-24-28-27-13-5-8-17-32(27)42(3,4)35(28)25-26/h5-25H,1-4H3. The van der Waals surface area contributed by atoms with Gasteiger partial charge in [0.1, 0.15) is 0 Å². The highest BCUT2D eigenvalue weighted by atomic mass is 32.1. The maximum Gasteiger partial charge on any atom is 0.0640 e. The van der Waals surface area contributed by atoms with E-state index in [2.05, 4.69) is 160 Å². The average Bonchev–Trinajstić information content (AvgIpc) is 3.62. The van der Waals surface area contributed by atoms with E-state index in [-0.39, 0.29) is 10.8 Å². The first-order chi connectivity index (χ1) is 21.4. The van der Waals surface area contributed by atoms with Crippen LogP contribution in [0.5, 0.6) is 0 Å². The predicted molar refractivity (Wildman–Crippen MR) is 189 cm³/mol. The van der Waals surface area contributed by atoms with Gasteiger partial charge in [0.2, 0.25) is 0 Å². The van der Waals surface area contributed by atoms with Gasteiger partial charge < -0.3 is 4.90 Å². The van der Waals surface area contributed by atoms with Crippen molar-refractivity contribution in [1.29, 1.82) is 0 Å². The minimum absolute atomic E-state index is 0.0706. The van der Waals surface area contributed by atoms with E-state index in [1.165, 1.54) is 81.7 Å². The highest BCUT2D eigenvalue weighted by Crippen LogP contribution is 2.56. The second-order valence-corrected chi connectivity index (χ2v) is 14.4. The molecule has 212 valence electrons. The number of nitrogens with zero attached hydrogens (tertiary/aromatic N) is 1. The summed E-state index contributed by atoms with van der Waals surface area (Å²) >= 11 is 1.90. The van der Waals surface area contributed by atoms with Gasteiger partial charge in [-0.3, -0.25) is 0 Å². The molecule has 6 aromatic carbocycles. The summed E-state index contributed by atoms with van der Waals surface area (Å²) in [6, 6.07) is 47.6. The fourth-order valence-electron chi connectivity index (χ4n) is 8.07. The van der Waals surface area contributed by atoms with Gasteiger partial charge in [-0.05, 0) is 69.3 Å². The van der Waals surface area contributed by atoms with E-state index in [4.69, 9.17) is 0 Å². The predicted octanol–water partition coefficient (Wildman–Crippen LogP) is 12.1. The Kier molecular flexibility index (Phi) is 5.24. The van der Waals surface area contributed by atoms with E-state index >= 15 is 0 Å². The molecular weight excluding hydrogens is 551 g/mol. The molecular formula is C42H33NS. The maximum atomic E-state index is 2.55. The number of anilines is 3. The molecule has 0 amide bonds. The van der Waals surface area contributed by atoms with E-state index < -0.39 is 0 Å². The number of hydrogen-bond acceptors (Lipinski definition) is 2. The number of fused-ring (bicyclic) bond motifs is 9. The molecule has 1 heterocycles. The van der Waals surface area contributed by atoms with Crippen molar-refractivity contribution >= 4 is 48.6 Å². The lowest BCUT2D eigenvalue weighted by molar-refractivity contribution is 0.660. The molecule has 9 rings (SSSR count). The van der Waals surface area contributed by atoms with Crippen LogP contribution in [0.3, 0.4) is 0 Å². The van der Waals surface area contributed by atoms with Crippen LogP contribution in [0.25, 0.3) is 42.4 Å². The quantitative estimate of drug-likeness (QED) is 0.200. The van der Waals surface area contributed by atoms with Crippen LogP contribution in [-0.2, 0) is 10.8 Å². The van der Waals surface area contributed by atoms with E-state index in [0.717, 1.165) is 0 Å². The molecule has 0 radical (unpaired) electrons. The van der Waals surface area contributed by atoms with Crippen molar-refractivity contribution in [3.05, 3.63) is 150 Å². The molecule has 0 saturated heterocycles. The van der Waals surface area contributed by atoms with Crippen molar-refractivity contribution in [2.24, 2.45) is 0 Å². The van der Waals surface area contributed by atoms with Gasteiger partial charge in [0.05, 0.1) is 16.1 Å². The van der Waals surface area contributed by atoms with E-state index in [9.17, 15) is 0 Å². The first-order valence-electron chi connectivity index (χ1n) is 15.5. The minimum atomic E-state index is -0.0789. The summed E-state index contributed by atoms with van der Waals surface area (Å²) in [4.78, 5) is 2.55. The molecule has 7 aromatic rings. The van der Waals surface area contributed by atoms with E-state index in [0.29, 0.717) is 0 Å². The Hall–Kier alpha value is -4.66. The Morgan fingerprint density at radius 3 is 1.91 bits per heavy atom. The van der Waals surface area contributed by atoms with Crippen molar-refractivity contribution in [2.75, 3.05) is 4.90 Å². The van der Waals surface area contributed by atoms with Gasteiger partial charge in [-0.2, -0.15) is 0 Å². The highest BCUT2D eigenvalue weighted by Gasteiger charge is 2.39. The van der Waals surface area contributed by atoms with Gasteiger partial charge in [-0.1, -0.05) is 125 Å². The molecule has 0 atom stereocenters. The number of benzene rings is 6. The molecule has 0 fully saturated rings. The average molecular weight is 584 g/mol. The molecule has 2 aliphatic rings. The number of rotatable bonds is 3. The molecule has 2 aliphatic carbocycles. The van der Waals surface area contributed by atoms with Gasteiger partial charge in [0.25, 0.3) is 0 Å². The van der Waals surface area contributed by atoms with Crippen LogP contribution in [0.1, 0.15) is 49.9 Å². The zero-order valence-corrected chi connectivity index (χ0v) is 26.3. The summed E-state index contributed by atoms with van der Waals surface area (Å²) in [6.45, 7) is 9.48. The Morgan fingerprint density at radius 2 is 1.07 bits per heavy atom. The molecule has 0 aliphatic heterocycles. The smallest absolute Gasteiger partial charge is 0.0640 e. The van der Waals surface area contributed by atoms with Crippen molar-refractivity contribution < 1.29 is 0 Å². The molecule has 44 heavy (non-hydrogen) atoms. The van der Waals surface area contributed by atoms with Gasteiger partial charge in [-0.15, -0.1) is 11.3 Å². The monoisotopic (exact) mass is 583 g/mol. The van der Waals surface area contributed by atoms with E-state index in [1.807, 2.05) is 11.3 Å². The zero-order valence-electron chi connectivity index (χ0n) is 25.5. The molecule has 0 spiro atoms. The Balaban J connectivity index is 1.36. The largest absolute Gasteiger partial charge is 0.308 e. The van der Waals surface area contributed by atoms with Crippen molar-refractivity contribution in [2.45, 2.75) is 38.5 Å². The summed E-state index contributed by atoms with van der Waals surface area (Å²) in [6.07, 6.45) is 0. The van der Waals surface area contributed by atoms with Crippen molar-refractivity contribution in [1.82, 2.24) is 0 Å². The third-order valence-corrected chi connectivity index (χ3v) is 11.5. The lowest BCUT2D eigenvalue weighted by Gasteiger charge is -2.30. The first kappa shape index (κ1) is 25.8. The van der Waals surface area contributed by atoms with Crippen LogP contribution >= 0.6 is 11.3 Å². The van der Waals surface area contributed by atoms with Gasteiger partial charge in [0, 0.05) is 37.6 Å². The van der Waals surface area contributed by atoms with Crippen LogP contribution in [0, 0.1) is 0 Å². The third kappa shape index (κ3) is 3.35. The molecule has 0 bridgehead atoms. The molecule has 1 nitrogen and oxygen atoms in total. The SMILES string of the molecule is CC1(C)c2ccccc2-c2ccc(N(c3cccc4c3-c3ccccc3C4(C)C)c3cccc4c3sc3ccccc34)cc21. The molecule has 0 unspecified atom stereocenters. The van der Waals surface area contributed by atoms with Gasteiger partial charge in [-0.25, -0.2) is 0 Å². The normalized spacial score (nSPS) is 15.2. The summed E-state index contributed by atoms with van der Waals surface area (Å²) in [7, 11) is 0. The summed E-state index contributed by atoms with van der Waals surface area (Å²) < 4.78 is 2.64. The fourth-order valence-corrected chi connectivity index (χ4v) is 9.28. The van der Waals surface area contributed by atoms with Gasteiger partial charge in [0.15, 0.2) is 0 Å². The van der Waals surface area contributed by atoms with Crippen LogP contribution < -0.4 is 4.90 Å². The van der Waals surface area contributed by atoms with Crippen molar-refractivity contribution in [3.63, 3.8) is 0 Å². The molecule has 0 saturated carbocycles. The molecule has 0 N–H and O–H groups in total. The van der Waals surface area contributed by atoms with Crippen LogP contribution in [0.4, 0.5) is 17.1 Å². The number of thiophene rings is 1. The maximum absolute atomic E-state index is 2.55. The van der Waals surface area contributed by atoms with E-state index in [1.54, 1.807) is 0 Å². The lowest BCUT2D eigenvalue weighted by atomic mass is 9.82. The molecule has 1 aromatic heterocycles. The molecule has 2 heteroatoms. The zero-order chi connectivity index (χ0) is 29.8. The van der Waals surface area contributed by atoms with Crippen LogP contribution in [-0.4, -0.2) is 0 Å². The highest BCUT2D eigenvalue weighted by molar-refractivity contribution is 7.26. The fraction of sp³-hybridized carbons (Fsp3) is 0.143. The number of hydrogen-bond donors (Lipinski definition) is 0. The third-order valence-electron chi connectivity index (χ3n) is 10.3. The Morgan fingerprint density at radius 1 is 0.477 bits per heavy atom. The minimum Gasteiger partial charge on any atom is -0.308 e. The Labute approximate surface area is 263 Å². The second-order valence-electron chi connectivity index (χ2n) is 13.4. The first-order valence-corrected chi connectivity index (χ1v) is 16.4. The second kappa shape index (κ2) is 8.94. The summed E-state index contributed by atoms with van der Waals surface area (Å²) in [5.74, 6) is 0. The topological polar surface area (TPSA) is 3.24 Å². The van der Waals surface area contributed by atoms with Crippen LogP contribution in [0.2, 0.25) is 0 Å². The van der Waals surface area contributed by atoms with Crippen molar-refractivity contribution in [3.8, 4) is 22.3 Å². The van der Waals surface area contributed by atoms with Gasteiger partial charge >= 0.3 is 0 Å². The summed E-state index contributed by atoms with van der Waals surface area (Å²) in [5.41, 5.74) is 14.5. The lowest BCUT2D eigenvalue weighted by Crippen LogP contribution is -2.17. The summed E-state index contributed by atoms with van der Waals surface area (Å²) in [5, 5.41) is 2.64. The Bertz CT molecular complexity index is 2300.